The molecule has 1 aromatic heterocycles. The molecule has 1 aromatic rings. The van der Waals surface area contributed by atoms with Crippen molar-refractivity contribution >= 4 is 64.4 Å². The van der Waals surface area contributed by atoms with Crippen LogP contribution in [0.2, 0.25) is 0 Å². The zero-order valence-electron chi connectivity index (χ0n) is 18.2. The van der Waals surface area contributed by atoms with Gasteiger partial charge < -0.3 is 4.74 Å². The lowest BCUT2D eigenvalue weighted by atomic mass is 10.0. The molecular weight excluding hydrogens is 457 g/mol. The van der Waals surface area contributed by atoms with Gasteiger partial charge in [0.05, 0.1) is 21.3 Å². The summed E-state index contributed by atoms with van der Waals surface area (Å²) in [6.07, 6.45) is 19.5. The van der Waals surface area contributed by atoms with E-state index in [0.717, 1.165) is 8.89 Å². The molecule has 7 heteroatoms. The highest BCUT2D eigenvalue weighted by Gasteiger charge is 2.11. The molecule has 0 atom stereocenters. The molecule has 0 fully saturated rings. The van der Waals surface area contributed by atoms with Gasteiger partial charge in [-0.3, -0.25) is 4.79 Å². The normalized spacial score (nSPS) is 11.1. The lowest BCUT2D eigenvalue weighted by Crippen LogP contribution is -2.02. The number of methoxy groups -OCH3 is 1. The average Bonchev–Trinajstić information content (AvgIpc) is 3.08. The molecule has 168 valence electrons. The van der Waals surface area contributed by atoms with E-state index in [1.54, 1.807) is 34.4 Å². The van der Waals surface area contributed by atoms with E-state index in [9.17, 15) is 4.79 Å². The Hall–Kier alpha value is 0.440. The molecule has 0 amide bonds. The molecule has 1 heterocycles. The van der Waals surface area contributed by atoms with Crippen molar-refractivity contribution in [3.8, 4) is 0 Å². The van der Waals surface area contributed by atoms with Crippen LogP contribution >= 0.6 is 58.4 Å². The van der Waals surface area contributed by atoms with Gasteiger partial charge in [-0.05, 0) is 12.2 Å². The number of hydrogen-bond donors (Lipinski definition) is 0. The molecule has 29 heavy (non-hydrogen) atoms. The summed E-state index contributed by atoms with van der Waals surface area (Å²) in [4.78, 5) is 11.3. The maximum absolute atomic E-state index is 11.3. The minimum Gasteiger partial charge on any atom is -0.468 e. The van der Waals surface area contributed by atoms with Crippen LogP contribution in [0.15, 0.2) is 8.42 Å². The molecule has 0 saturated heterocycles. The first-order valence-corrected chi connectivity index (χ1v) is 15.1. The molecule has 0 aromatic carbocycles. The first-order valence-electron chi connectivity index (χ1n) is 11.1. The highest BCUT2D eigenvalue weighted by molar-refractivity contribution is 8.05. The lowest BCUT2D eigenvalue weighted by Gasteiger charge is -2.04. The number of thioether (sulfide) groups is 2. The van der Waals surface area contributed by atoms with E-state index in [1.165, 1.54) is 105 Å². The van der Waals surface area contributed by atoms with Crippen molar-refractivity contribution in [2.24, 2.45) is 0 Å². The maximum atomic E-state index is 11.3. The van der Waals surface area contributed by atoms with Gasteiger partial charge in [-0.1, -0.05) is 103 Å². The minimum absolute atomic E-state index is 0.178. The summed E-state index contributed by atoms with van der Waals surface area (Å²) in [5.41, 5.74) is 0. The molecule has 0 bridgehead atoms. The Labute approximate surface area is 200 Å². The van der Waals surface area contributed by atoms with E-state index in [0.29, 0.717) is 5.75 Å². The summed E-state index contributed by atoms with van der Waals surface area (Å²) in [5, 5.41) is 0. The van der Waals surface area contributed by atoms with Gasteiger partial charge in [-0.15, -0.1) is 46.2 Å². The van der Waals surface area contributed by atoms with Gasteiger partial charge in [0.25, 0.3) is 0 Å². The second-order valence-corrected chi connectivity index (χ2v) is 13.2. The van der Waals surface area contributed by atoms with Gasteiger partial charge in [0, 0.05) is 0 Å². The Balaban J connectivity index is 1.96. The summed E-state index contributed by atoms with van der Waals surface area (Å²) < 4.78 is 8.13. The summed E-state index contributed by atoms with van der Waals surface area (Å²) in [6.45, 7) is 2.28. The van der Waals surface area contributed by atoms with Gasteiger partial charge in [-0.2, -0.15) is 0 Å². The third-order valence-corrected chi connectivity index (χ3v) is 10.4. The van der Waals surface area contributed by atoms with Crippen molar-refractivity contribution < 1.29 is 9.53 Å². The first kappa shape index (κ1) is 27.5. The van der Waals surface area contributed by atoms with Crippen LogP contribution in [0.25, 0.3) is 0 Å². The van der Waals surface area contributed by atoms with Crippen molar-refractivity contribution in [2.75, 3.05) is 18.6 Å². The number of esters is 1. The van der Waals surface area contributed by atoms with Crippen LogP contribution < -0.4 is 0 Å². The Morgan fingerprint density at radius 1 is 0.793 bits per heavy atom. The van der Waals surface area contributed by atoms with Crippen LogP contribution in [0.1, 0.15) is 96.8 Å². The van der Waals surface area contributed by atoms with Gasteiger partial charge >= 0.3 is 5.97 Å². The van der Waals surface area contributed by atoms with E-state index in [-0.39, 0.29) is 5.97 Å². The Morgan fingerprint density at radius 3 is 1.72 bits per heavy atom. The zero-order valence-corrected chi connectivity index (χ0v) is 22.3. The quantitative estimate of drug-likeness (QED) is 0.0826. The Kier molecular flexibility index (Phi) is 18.1. The van der Waals surface area contributed by atoms with E-state index < -0.39 is 0 Å². The SMILES string of the molecule is CCCCCCCCCCCCCCCCSc1sc(=S)sc1SCC(=O)OC. The van der Waals surface area contributed by atoms with Gasteiger partial charge in [-0.25, -0.2) is 0 Å². The molecule has 1 rings (SSSR count). The summed E-state index contributed by atoms with van der Waals surface area (Å²) in [5.74, 6) is 1.33. The van der Waals surface area contributed by atoms with Crippen molar-refractivity contribution in [3.63, 3.8) is 0 Å². The topological polar surface area (TPSA) is 26.3 Å². The van der Waals surface area contributed by atoms with Crippen LogP contribution in [0.5, 0.6) is 0 Å². The van der Waals surface area contributed by atoms with Crippen LogP contribution in [0.4, 0.5) is 0 Å². The zero-order chi connectivity index (χ0) is 21.2. The van der Waals surface area contributed by atoms with Crippen molar-refractivity contribution in [3.05, 3.63) is 3.14 Å². The van der Waals surface area contributed by atoms with Gasteiger partial charge in [0.1, 0.15) is 3.14 Å². The van der Waals surface area contributed by atoms with E-state index in [4.69, 9.17) is 17.0 Å². The predicted molar refractivity (Wildman–Crippen MR) is 137 cm³/mol. The van der Waals surface area contributed by atoms with Gasteiger partial charge in [0.15, 0.2) is 0 Å². The van der Waals surface area contributed by atoms with E-state index in [1.807, 2.05) is 11.8 Å². The molecule has 0 aliphatic heterocycles. The number of unbranched alkanes of at least 4 members (excludes halogenated alkanes) is 13. The molecule has 0 aliphatic carbocycles. The number of carbonyl (C=O) groups is 1. The highest BCUT2D eigenvalue weighted by Crippen LogP contribution is 2.41. The summed E-state index contributed by atoms with van der Waals surface area (Å²) in [7, 11) is 1.43. The van der Waals surface area contributed by atoms with Crippen LogP contribution in [0, 0.1) is 3.14 Å². The third-order valence-electron chi connectivity index (χ3n) is 4.80. The average molecular weight is 495 g/mol. The Bertz CT molecular complexity index is 582. The number of rotatable bonds is 19. The van der Waals surface area contributed by atoms with Gasteiger partial charge in [0.2, 0.25) is 0 Å². The molecular formula is C22H38O2S5. The Morgan fingerprint density at radius 2 is 1.24 bits per heavy atom. The number of hydrogen-bond acceptors (Lipinski definition) is 7. The highest BCUT2D eigenvalue weighted by atomic mass is 32.2. The standard InChI is InChI=1S/C22H38O2S5/c1-3-4-5-6-7-8-9-10-11-12-13-14-15-16-17-26-20-21(29-22(25)28-20)27-18-19(23)24-2/h3-18H2,1-2H3. The largest absolute Gasteiger partial charge is 0.468 e. The third kappa shape index (κ3) is 15.0. The van der Waals surface area contributed by atoms with Crippen molar-refractivity contribution in [1.82, 2.24) is 0 Å². The summed E-state index contributed by atoms with van der Waals surface area (Å²) >= 11 is 12.1. The van der Waals surface area contributed by atoms with Crippen molar-refractivity contribution in [1.29, 1.82) is 0 Å². The fraction of sp³-hybridized carbons (Fsp3) is 0.818. The molecule has 0 unspecified atom stereocenters. The van der Waals surface area contributed by atoms with Crippen LogP contribution in [-0.2, 0) is 9.53 Å². The lowest BCUT2D eigenvalue weighted by molar-refractivity contribution is -0.137. The molecule has 2 nitrogen and oxygen atoms in total. The van der Waals surface area contributed by atoms with Crippen LogP contribution in [-0.4, -0.2) is 24.6 Å². The second kappa shape index (κ2) is 19.1. The first-order chi connectivity index (χ1) is 14.2. The monoisotopic (exact) mass is 494 g/mol. The van der Waals surface area contributed by atoms with Crippen LogP contribution in [0.3, 0.4) is 0 Å². The predicted octanol–water partition coefficient (Wildman–Crippen LogP) is 9.38. The molecule has 0 N–H and O–H groups in total. The molecule has 0 aliphatic rings. The van der Waals surface area contributed by atoms with Crippen molar-refractivity contribution in [2.45, 2.75) is 105 Å². The fourth-order valence-corrected chi connectivity index (χ4v) is 9.09. The minimum atomic E-state index is -0.178. The smallest absolute Gasteiger partial charge is 0.316 e. The number of carbonyl (C=O) groups excluding carboxylic acids is 1. The summed E-state index contributed by atoms with van der Waals surface area (Å²) in [6, 6.07) is 0. The second-order valence-electron chi connectivity index (χ2n) is 7.34. The maximum Gasteiger partial charge on any atom is 0.316 e. The molecule has 0 radical (unpaired) electrons. The molecule has 0 saturated carbocycles. The number of ether oxygens (including phenoxy) is 1. The fourth-order valence-electron chi connectivity index (χ4n) is 3.08. The molecule has 0 spiro atoms. The van der Waals surface area contributed by atoms with E-state index >= 15 is 0 Å². The van der Waals surface area contributed by atoms with E-state index in [2.05, 4.69) is 6.92 Å².